The summed E-state index contributed by atoms with van der Waals surface area (Å²) in [6.45, 7) is 0. The van der Waals surface area contributed by atoms with Gasteiger partial charge in [0.2, 0.25) is 5.95 Å². The van der Waals surface area contributed by atoms with Crippen LogP contribution in [0.1, 0.15) is 0 Å². The van der Waals surface area contributed by atoms with Crippen LogP contribution < -0.4 is 5.32 Å². The molecule has 0 saturated heterocycles. The molecule has 8 heteroatoms. The molecule has 0 aliphatic carbocycles. The number of hydrogen-bond acceptors (Lipinski definition) is 5. The molecule has 1 N–H and O–H groups in total. The number of fused-ring (bicyclic) bond motifs is 1. The van der Waals surface area contributed by atoms with Crippen molar-refractivity contribution in [3.8, 4) is 0 Å². The molecule has 2 heterocycles. The Kier molecular flexibility index (Phi) is 3.82. The monoisotopic (exact) mass is 369 g/mol. The van der Waals surface area contributed by atoms with Gasteiger partial charge in [0, 0.05) is 10.7 Å². The molecular formula is C12H9BrClN5S. The molecule has 0 spiro atoms. The van der Waals surface area contributed by atoms with E-state index in [1.807, 2.05) is 30.5 Å². The predicted octanol–water partition coefficient (Wildman–Crippen LogP) is 4.01. The van der Waals surface area contributed by atoms with E-state index in [4.69, 9.17) is 11.6 Å². The Morgan fingerprint density at radius 1 is 1.35 bits per heavy atom. The van der Waals surface area contributed by atoms with E-state index >= 15 is 0 Å². The lowest BCUT2D eigenvalue weighted by Crippen LogP contribution is -2.05. The van der Waals surface area contributed by atoms with Crippen molar-refractivity contribution in [3.63, 3.8) is 0 Å². The second-order valence-electron chi connectivity index (χ2n) is 3.90. The lowest BCUT2D eigenvalue weighted by atomic mass is 10.3. The first-order chi connectivity index (χ1) is 9.67. The normalized spacial score (nSPS) is 10.9. The average Bonchev–Trinajstić information content (AvgIpc) is 2.81. The molecule has 2 aromatic heterocycles. The predicted molar refractivity (Wildman–Crippen MR) is 85.0 cm³/mol. The third kappa shape index (κ3) is 2.61. The molecule has 0 atom stereocenters. The summed E-state index contributed by atoms with van der Waals surface area (Å²) in [6.07, 6.45) is 3.62. The van der Waals surface area contributed by atoms with E-state index in [0.29, 0.717) is 21.8 Å². The molecule has 102 valence electrons. The lowest BCUT2D eigenvalue weighted by molar-refractivity contribution is 0.847. The van der Waals surface area contributed by atoms with E-state index in [-0.39, 0.29) is 0 Å². The number of nitrogens with zero attached hydrogens (tertiary/aromatic N) is 4. The van der Waals surface area contributed by atoms with Crippen LogP contribution in [-0.4, -0.2) is 25.8 Å². The van der Waals surface area contributed by atoms with Crippen molar-refractivity contribution >= 4 is 56.6 Å². The van der Waals surface area contributed by atoms with Crippen LogP contribution in [0, 0.1) is 0 Å². The Labute approximate surface area is 132 Å². The van der Waals surface area contributed by atoms with Gasteiger partial charge in [-0.1, -0.05) is 29.4 Å². The smallest absolute Gasteiger partial charge is 0.232 e. The Morgan fingerprint density at radius 2 is 2.20 bits per heavy atom. The second kappa shape index (κ2) is 5.59. The van der Waals surface area contributed by atoms with Crippen LogP contribution in [0.3, 0.4) is 0 Å². The fraction of sp³-hybridized carbons (Fsp3) is 0.0833. The molecule has 0 amide bonds. The lowest BCUT2D eigenvalue weighted by Gasteiger charge is -2.08. The summed E-state index contributed by atoms with van der Waals surface area (Å²) in [5.41, 5.74) is 1.56. The van der Waals surface area contributed by atoms with E-state index in [1.54, 1.807) is 10.7 Å². The molecule has 3 aromatic rings. The Balaban J connectivity index is 2.10. The van der Waals surface area contributed by atoms with Crippen LogP contribution in [0.4, 0.5) is 11.6 Å². The minimum atomic E-state index is 0.590. The van der Waals surface area contributed by atoms with Gasteiger partial charge in [-0.05, 0) is 40.4 Å². The largest absolute Gasteiger partial charge is 0.324 e. The average molecular weight is 371 g/mol. The van der Waals surface area contributed by atoms with E-state index in [1.165, 1.54) is 11.8 Å². The SMILES string of the molecule is CSc1nc(Nc2cccc(Cl)c2)n2ncc(Br)c2n1. The maximum absolute atomic E-state index is 5.99. The molecule has 0 aliphatic rings. The van der Waals surface area contributed by atoms with Gasteiger partial charge in [0.05, 0.1) is 10.7 Å². The summed E-state index contributed by atoms with van der Waals surface area (Å²) in [4.78, 5) is 8.85. The topological polar surface area (TPSA) is 55.1 Å². The highest BCUT2D eigenvalue weighted by Crippen LogP contribution is 2.24. The molecular weight excluding hydrogens is 362 g/mol. The zero-order valence-electron chi connectivity index (χ0n) is 10.3. The third-order valence-corrected chi connectivity index (χ3v) is 3.91. The number of halogens is 2. The number of aromatic nitrogens is 4. The second-order valence-corrected chi connectivity index (χ2v) is 5.96. The van der Waals surface area contributed by atoms with Crippen molar-refractivity contribution in [2.24, 2.45) is 0 Å². The third-order valence-electron chi connectivity index (χ3n) is 2.57. The molecule has 5 nitrogen and oxygen atoms in total. The Hall–Kier alpha value is -1.31. The van der Waals surface area contributed by atoms with E-state index in [0.717, 1.165) is 10.2 Å². The van der Waals surface area contributed by atoms with Gasteiger partial charge in [-0.3, -0.25) is 0 Å². The molecule has 0 saturated carbocycles. The van der Waals surface area contributed by atoms with Gasteiger partial charge < -0.3 is 5.32 Å². The number of benzene rings is 1. The molecule has 0 unspecified atom stereocenters. The van der Waals surface area contributed by atoms with E-state index < -0.39 is 0 Å². The van der Waals surface area contributed by atoms with E-state index in [9.17, 15) is 0 Å². The number of hydrogen-bond donors (Lipinski definition) is 1. The van der Waals surface area contributed by atoms with Gasteiger partial charge in [0.25, 0.3) is 0 Å². The highest BCUT2D eigenvalue weighted by atomic mass is 79.9. The fourth-order valence-electron chi connectivity index (χ4n) is 1.70. The number of nitrogens with one attached hydrogen (secondary N) is 1. The van der Waals surface area contributed by atoms with Gasteiger partial charge in [-0.15, -0.1) is 0 Å². The van der Waals surface area contributed by atoms with Crippen LogP contribution in [0.25, 0.3) is 5.65 Å². The molecule has 0 fully saturated rings. The van der Waals surface area contributed by atoms with Crippen LogP contribution in [-0.2, 0) is 0 Å². The zero-order valence-corrected chi connectivity index (χ0v) is 13.5. The summed E-state index contributed by atoms with van der Waals surface area (Å²) in [6, 6.07) is 7.43. The molecule has 0 bridgehead atoms. The molecule has 1 aromatic carbocycles. The number of thioether (sulfide) groups is 1. The summed E-state index contributed by atoms with van der Waals surface area (Å²) < 4.78 is 2.47. The first-order valence-corrected chi connectivity index (χ1v) is 8.05. The van der Waals surface area contributed by atoms with Crippen molar-refractivity contribution in [2.45, 2.75) is 5.16 Å². The maximum Gasteiger partial charge on any atom is 0.232 e. The Morgan fingerprint density at radius 3 is 2.95 bits per heavy atom. The highest BCUT2D eigenvalue weighted by molar-refractivity contribution is 9.10. The zero-order chi connectivity index (χ0) is 14.1. The van der Waals surface area contributed by atoms with Gasteiger partial charge >= 0.3 is 0 Å². The standard InChI is InChI=1S/C12H9BrClN5S/c1-20-12-17-10-9(13)6-15-19(10)11(18-12)16-8-4-2-3-7(14)5-8/h2-6H,1H3,(H,16,17,18). The highest BCUT2D eigenvalue weighted by Gasteiger charge is 2.11. The summed E-state index contributed by atoms with van der Waals surface area (Å²) in [5.74, 6) is 0.590. The quantitative estimate of drug-likeness (QED) is 0.706. The number of rotatable bonds is 3. The Bertz CT molecular complexity index is 776. The van der Waals surface area contributed by atoms with Crippen LogP contribution >= 0.6 is 39.3 Å². The van der Waals surface area contributed by atoms with Crippen molar-refractivity contribution in [1.29, 1.82) is 0 Å². The first kappa shape index (κ1) is 13.7. The van der Waals surface area contributed by atoms with E-state index in [2.05, 4.69) is 36.3 Å². The summed E-state index contributed by atoms with van der Waals surface area (Å²) in [5, 5.41) is 8.79. The first-order valence-electron chi connectivity index (χ1n) is 5.65. The van der Waals surface area contributed by atoms with Crippen LogP contribution in [0.5, 0.6) is 0 Å². The number of anilines is 2. The van der Waals surface area contributed by atoms with Crippen molar-refractivity contribution in [3.05, 3.63) is 40.0 Å². The van der Waals surface area contributed by atoms with Gasteiger partial charge in [0.1, 0.15) is 0 Å². The summed E-state index contributed by atoms with van der Waals surface area (Å²) in [7, 11) is 0. The molecule has 3 rings (SSSR count). The van der Waals surface area contributed by atoms with Crippen molar-refractivity contribution < 1.29 is 0 Å². The maximum atomic E-state index is 5.99. The molecule has 0 aliphatic heterocycles. The minimum Gasteiger partial charge on any atom is -0.324 e. The van der Waals surface area contributed by atoms with Gasteiger partial charge in [-0.2, -0.15) is 14.6 Å². The van der Waals surface area contributed by atoms with Crippen molar-refractivity contribution in [1.82, 2.24) is 19.6 Å². The minimum absolute atomic E-state index is 0.590. The molecule has 0 radical (unpaired) electrons. The van der Waals surface area contributed by atoms with Crippen molar-refractivity contribution in [2.75, 3.05) is 11.6 Å². The van der Waals surface area contributed by atoms with Crippen LogP contribution in [0.15, 0.2) is 40.1 Å². The van der Waals surface area contributed by atoms with Gasteiger partial charge in [-0.25, -0.2) is 4.98 Å². The molecule has 20 heavy (non-hydrogen) atoms. The fourth-order valence-corrected chi connectivity index (χ4v) is 2.59. The van der Waals surface area contributed by atoms with Crippen LogP contribution in [0.2, 0.25) is 5.02 Å². The van der Waals surface area contributed by atoms with Gasteiger partial charge in [0.15, 0.2) is 10.8 Å². The summed E-state index contributed by atoms with van der Waals surface area (Å²) >= 11 is 10.9.